The van der Waals surface area contributed by atoms with E-state index in [1.54, 1.807) is 48.5 Å². The number of hydrogen-bond acceptors (Lipinski definition) is 4. The molecule has 0 aliphatic heterocycles. The van der Waals surface area contributed by atoms with Crippen molar-refractivity contribution in [3.8, 4) is 35.8 Å². The summed E-state index contributed by atoms with van der Waals surface area (Å²) in [6.07, 6.45) is 0. The molecule has 0 aliphatic carbocycles. The smallest absolute Gasteiger partial charge is 0.335 e. The highest BCUT2D eigenvalue weighted by molar-refractivity contribution is 6.67. The largest absolute Gasteiger partial charge is 0.478 e. The summed E-state index contributed by atoms with van der Waals surface area (Å²) in [5, 5.41) is 24.4. The van der Waals surface area contributed by atoms with Crippen LogP contribution in [0.5, 0.6) is 0 Å². The highest BCUT2D eigenvalue weighted by Crippen LogP contribution is 2.06. The van der Waals surface area contributed by atoms with E-state index in [1.165, 1.54) is 12.1 Å². The SMILES string of the molecule is N#CC#Cc1ccc(C(=O)Cl)cc1.N#CC#Cc1ccc(C(=O)O)cc1. The lowest BCUT2D eigenvalue weighted by Crippen LogP contribution is -1.94. The van der Waals surface area contributed by atoms with Gasteiger partial charge in [0.2, 0.25) is 0 Å². The number of hydrogen-bond donors (Lipinski definition) is 1. The summed E-state index contributed by atoms with van der Waals surface area (Å²) in [5.41, 5.74) is 1.95. The molecule has 0 unspecified atom stereocenters. The molecule has 2 aromatic carbocycles. The maximum Gasteiger partial charge on any atom is 0.335 e. The van der Waals surface area contributed by atoms with E-state index in [2.05, 4.69) is 23.7 Å². The van der Waals surface area contributed by atoms with Crippen molar-refractivity contribution in [3.63, 3.8) is 0 Å². The lowest BCUT2D eigenvalue weighted by molar-refractivity contribution is 0.0696. The average molecular weight is 361 g/mol. The van der Waals surface area contributed by atoms with Crippen LogP contribution in [0.2, 0.25) is 0 Å². The van der Waals surface area contributed by atoms with Crippen molar-refractivity contribution >= 4 is 22.8 Å². The molecule has 0 radical (unpaired) electrons. The normalized spacial score (nSPS) is 7.96. The molecule has 124 valence electrons. The lowest BCUT2D eigenvalue weighted by atomic mass is 10.1. The van der Waals surface area contributed by atoms with E-state index >= 15 is 0 Å². The minimum absolute atomic E-state index is 0.211. The van der Waals surface area contributed by atoms with Gasteiger partial charge in [-0.3, -0.25) is 4.79 Å². The van der Waals surface area contributed by atoms with Crippen LogP contribution in [0.4, 0.5) is 0 Å². The quantitative estimate of drug-likeness (QED) is 0.654. The van der Waals surface area contributed by atoms with E-state index < -0.39 is 11.2 Å². The molecule has 26 heavy (non-hydrogen) atoms. The number of aromatic carboxylic acids is 1. The fourth-order valence-corrected chi connectivity index (χ4v) is 1.71. The van der Waals surface area contributed by atoms with Crippen LogP contribution >= 0.6 is 11.6 Å². The molecule has 0 amide bonds. The van der Waals surface area contributed by atoms with E-state index in [9.17, 15) is 9.59 Å². The Morgan fingerprint density at radius 1 is 0.769 bits per heavy atom. The second-order valence-electron chi connectivity index (χ2n) is 4.46. The summed E-state index contributed by atoms with van der Waals surface area (Å²) in [6, 6.07) is 15.8. The highest BCUT2D eigenvalue weighted by Gasteiger charge is 2.00. The number of carbonyl (C=O) groups excluding carboxylic acids is 1. The van der Waals surface area contributed by atoms with Gasteiger partial charge in [-0.15, -0.1) is 0 Å². The first-order valence-corrected chi connectivity index (χ1v) is 7.29. The molecule has 0 heterocycles. The van der Waals surface area contributed by atoms with Gasteiger partial charge in [0.1, 0.15) is 0 Å². The van der Waals surface area contributed by atoms with Gasteiger partial charge < -0.3 is 5.11 Å². The van der Waals surface area contributed by atoms with Crippen molar-refractivity contribution in [1.29, 1.82) is 10.5 Å². The highest BCUT2D eigenvalue weighted by atomic mass is 35.5. The number of nitriles is 2. The minimum Gasteiger partial charge on any atom is -0.478 e. The van der Waals surface area contributed by atoms with Crippen LogP contribution in [0.25, 0.3) is 0 Å². The molecule has 0 saturated heterocycles. The number of benzene rings is 2. The van der Waals surface area contributed by atoms with Gasteiger partial charge in [0.05, 0.1) is 5.56 Å². The molecule has 0 saturated carbocycles. The molecule has 0 bridgehead atoms. The van der Waals surface area contributed by atoms with Gasteiger partial charge in [0, 0.05) is 28.5 Å². The van der Waals surface area contributed by atoms with Crippen LogP contribution in [0.1, 0.15) is 31.8 Å². The van der Waals surface area contributed by atoms with Gasteiger partial charge >= 0.3 is 5.97 Å². The summed E-state index contributed by atoms with van der Waals surface area (Å²) < 4.78 is 0. The first-order valence-electron chi connectivity index (χ1n) is 6.91. The Morgan fingerprint density at radius 2 is 1.15 bits per heavy atom. The van der Waals surface area contributed by atoms with Crippen LogP contribution in [-0.4, -0.2) is 16.3 Å². The van der Waals surface area contributed by atoms with E-state index in [0.29, 0.717) is 16.7 Å². The molecule has 0 aromatic heterocycles. The maximum absolute atomic E-state index is 10.6. The van der Waals surface area contributed by atoms with Crippen LogP contribution in [0.3, 0.4) is 0 Å². The molecule has 1 N–H and O–H groups in total. The topological polar surface area (TPSA) is 102 Å². The summed E-state index contributed by atoms with van der Waals surface area (Å²) in [6.45, 7) is 0. The van der Waals surface area contributed by atoms with E-state index in [4.69, 9.17) is 27.2 Å². The van der Waals surface area contributed by atoms with Crippen LogP contribution < -0.4 is 0 Å². The number of nitrogens with zero attached hydrogens (tertiary/aromatic N) is 2. The second kappa shape index (κ2) is 10.7. The number of carboxylic acid groups (broad SMARTS) is 1. The Balaban J connectivity index is 0.000000260. The summed E-state index contributed by atoms with van der Waals surface area (Å²) in [7, 11) is 0. The first kappa shape index (κ1) is 20.0. The molecule has 0 spiro atoms. The van der Waals surface area contributed by atoms with Crippen LogP contribution in [-0.2, 0) is 0 Å². The molecule has 0 atom stereocenters. The molecular weight excluding hydrogens is 352 g/mol. The van der Waals surface area contributed by atoms with Crippen molar-refractivity contribution in [1.82, 2.24) is 0 Å². The second-order valence-corrected chi connectivity index (χ2v) is 4.80. The van der Waals surface area contributed by atoms with E-state index in [-0.39, 0.29) is 5.56 Å². The van der Waals surface area contributed by atoms with Gasteiger partial charge in [-0.25, -0.2) is 4.79 Å². The van der Waals surface area contributed by atoms with Crippen molar-refractivity contribution in [2.75, 3.05) is 0 Å². The van der Waals surface area contributed by atoms with Crippen molar-refractivity contribution in [2.24, 2.45) is 0 Å². The number of carboxylic acids is 1. The molecule has 2 rings (SSSR count). The molecule has 0 fully saturated rings. The van der Waals surface area contributed by atoms with Gasteiger partial charge in [0.25, 0.3) is 5.24 Å². The predicted octanol–water partition coefficient (Wildman–Crippen LogP) is 3.20. The molecule has 5 nitrogen and oxygen atoms in total. The minimum atomic E-state index is -0.972. The molecule has 2 aromatic rings. The van der Waals surface area contributed by atoms with Gasteiger partial charge in [0.15, 0.2) is 12.1 Å². The summed E-state index contributed by atoms with van der Waals surface area (Å²) in [4.78, 5) is 21.1. The Labute approximate surface area is 155 Å². The Morgan fingerprint density at radius 3 is 1.46 bits per heavy atom. The fraction of sp³-hybridized carbons (Fsp3) is 0. The molecular formula is C20H9ClN2O3. The van der Waals surface area contributed by atoms with E-state index in [1.807, 2.05) is 0 Å². The maximum atomic E-state index is 10.6. The van der Waals surface area contributed by atoms with Crippen molar-refractivity contribution in [2.45, 2.75) is 0 Å². The third-order valence-corrected chi connectivity index (χ3v) is 2.99. The van der Waals surface area contributed by atoms with Gasteiger partial charge in [-0.1, -0.05) is 11.8 Å². The lowest BCUT2D eigenvalue weighted by Gasteiger charge is -1.92. The number of carbonyl (C=O) groups is 2. The van der Waals surface area contributed by atoms with Crippen LogP contribution in [0, 0.1) is 46.3 Å². The zero-order valence-electron chi connectivity index (χ0n) is 13.2. The Bertz CT molecular complexity index is 919. The zero-order valence-corrected chi connectivity index (χ0v) is 13.9. The van der Waals surface area contributed by atoms with Crippen molar-refractivity contribution in [3.05, 3.63) is 70.8 Å². The molecule has 0 aliphatic rings. The number of halogens is 1. The monoisotopic (exact) mass is 360 g/mol. The zero-order chi connectivity index (χ0) is 19.4. The number of rotatable bonds is 2. The van der Waals surface area contributed by atoms with Gasteiger partial charge in [-0.05, 0) is 60.1 Å². The van der Waals surface area contributed by atoms with E-state index in [0.717, 1.165) is 0 Å². The predicted molar refractivity (Wildman–Crippen MR) is 95.0 cm³/mol. The third kappa shape index (κ3) is 7.03. The Kier molecular flexibility index (Phi) is 8.23. The molecule has 6 heteroatoms. The standard InChI is InChI=1S/C10H4ClNO.C10H5NO2/c11-10(13)9-5-3-8(4-6-9)2-1-7-12;11-7-1-2-8-3-5-9(6-4-8)10(12)13/h3-6H;3-6H,(H,12,13). The summed E-state index contributed by atoms with van der Waals surface area (Å²) in [5.74, 6) is 8.65. The fourth-order valence-electron chi connectivity index (χ4n) is 1.58. The third-order valence-electron chi connectivity index (χ3n) is 2.77. The summed E-state index contributed by atoms with van der Waals surface area (Å²) >= 11 is 5.23. The van der Waals surface area contributed by atoms with Gasteiger partial charge in [-0.2, -0.15) is 10.5 Å². The average Bonchev–Trinajstić information content (AvgIpc) is 2.66. The van der Waals surface area contributed by atoms with Crippen LogP contribution in [0.15, 0.2) is 48.5 Å². The Hall–Kier alpha value is -4.03. The van der Waals surface area contributed by atoms with Crippen molar-refractivity contribution < 1.29 is 14.7 Å². The first-order chi connectivity index (χ1) is 12.5.